The highest BCUT2D eigenvalue weighted by atomic mass is 28.4. The maximum atomic E-state index is 6.18. The molecule has 3 nitrogen and oxygen atoms in total. The summed E-state index contributed by atoms with van der Waals surface area (Å²) >= 11 is 0. The number of nitrogens with two attached hydrogens (primary N) is 2. The van der Waals surface area contributed by atoms with Crippen LogP contribution in [0.3, 0.4) is 0 Å². The summed E-state index contributed by atoms with van der Waals surface area (Å²) in [5.41, 5.74) is 12.3. The van der Waals surface area contributed by atoms with Crippen LogP contribution in [0.25, 0.3) is 0 Å². The molecule has 1 fully saturated rings. The van der Waals surface area contributed by atoms with Gasteiger partial charge in [0.05, 0.1) is 6.10 Å². The molecular formula is C10H24N2OSi. The highest BCUT2D eigenvalue weighted by molar-refractivity contribution is 6.74. The summed E-state index contributed by atoms with van der Waals surface area (Å²) in [5, 5.41) is 0. The van der Waals surface area contributed by atoms with E-state index in [4.69, 9.17) is 15.9 Å². The van der Waals surface area contributed by atoms with E-state index in [0.29, 0.717) is 0 Å². The van der Waals surface area contributed by atoms with Crippen LogP contribution >= 0.6 is 0 Å². The lowest BCUT2D eigenvalue weighted by molar-refractivity contribution is 0.132. The van der Waals surface area contributed by atoms with Crippen LogP contribution in [0.15, 0.2) is 0 Å². The largest absolute Gasteiger partial charge is 0.411 e. The molecule has 1 heterocycles. The molecule has 0 aromatic carbocycles. The van der Waals surface area contributed by atoms with Crippen molar-refractivity contribution in [2.45, 2.75) is 63.5 Å². The van der Waals surface area contributed by atoms with Gasteiger partial charge in [-0.2, -0.15) is 0 Å². The molecule has 0 amide bonds. The van der Waals surface area contributed by atoms with E-state index >= 15 is 0 Å². The van der Waals surface area contributed by atoms with Gasteiger partial charge in [-0.3, -0.25) is 0 Å². The van der Waals surface area contributed by atoms with Crippen LogP contribution in [-0.4, -0.2) is 26.1 Å². The van der Waals surface area contributed by atoms with E-state index in [2.05, 4.69) is 13.5 Å². The number of rotatable bonds is 3. The summed E-state index contributed by atoms with van der Waals surface area (Å²) in [7, 11) is -1.67. The van der Waals surface area contributed by atoms with Gasteiger partial charge in [0.2, 0.25) is 8.32 Å². The third kappa shape index (κ3) is 2.57. The maximum Gasteiger partial charge on any atom is 0.206 e. The summed E-state index contributed by atoms with van der Waals surface area (Å²) < 4.78 is 6.18. The van der Waals surface area contributed by atoms with Crippen LogP contribution in [0.1, 0.15) is 33.1 Å². The first-order chi connectivity index (χ1) is 6.49. The van der Waals surface area contributed by atoms with Crippen molar-refractivity contribution in [1.29, 1.82) is 0 Å². The van der Waals surface area contributed by atoms with Crippen LogP contribution in [0.2, 0.25) is 12.6 Å². The first-order valence-corrected chi connectivity index (χ1v) is 8.38. The van der Waals surface area contributed by atoms with E-state index in [-0.39, 0.29) is 17.8 Å². The van der Waals surface area contributed by atoms with E-state index in [9.17, 15) is 0 Å². The van der Waals surface area contributed by atoms with Crippen molar-refractivity contribution in [3.63, 3.8) is 0 Å². The van der Waals surface area contributed by atoms with Gasteiger partial charge in [-0.1, -0.05) is 13.3 Å². The Kier molecular flexibility index (Phi) is 4.12. The zero-order chi connectivity index (χ0) is 10.8. The zero-order valence-electron chi connectivity index (χ0n) is 9.62. The molecule has 4 heteroatoms. The van der Waals surface area contributed by atoms with E-state index in [1.54, 1.807) is 0 Å². The monoisotopic (exact) mass is 216 g/mol. The number of hydrogen-bond acceptors (Lipinski definition) is 3. The van der Waals surface area contributed by atoms with Gasteiger partial charge in [0.15, 0.2) is 0 Å². The SMILES string of the molecule is CCC(N)[Si]1(C)CCCC(C(C)N)O1. The second kappa shape index (κ2) is 4.75. The molecule has 1 saturated heterocycles. The maximum absolute atomic E-state index is 6.18. The van der Waals surface area contributed by atoms with E-state index in [1.807, 2.05) is 6.92 Å². The summed E-state index contributed by atoms with van der Waals surface area (Å²) in [6.07, 6.45) is 3.62. The molecule has 4 unspecified atom stereocenters. The lowest BCUT2D eigenvalue weighted by Gasteiger charge is -2.41. The van der Waals surface area contributed by atoms with E-state index < -0.39 is 8.32 Å². The molecule has 0 spiro atoms. The van der Waals surface area contributed by atoms with E-state index in [1.165, 1.54) is 12.5 Å². The van der Waals surface area contributed by atoms with Crippen molar-refractivity contribution < 1.29 is 4.43 Å². The van der Waals surface area contributed by atoms with Crippen molar-refractivity contribution in [3.8, 4) is 0 Å². The minimum Gasteiger partial charge on any atom is -0.411 e. The Hall–Kier alpha value is 0.0969. The fourth-order valence-corrected chi connectivity index (χ4v) is 5.65. The van der Waals surface area contributed by atoms with E-state index in [0.717, 1.165) is 12.8 Å². The molecule has 14 heavy (non-hydrogen) atoms. The standard InChI is InChI=1S/C10H24N2OSi/c1-4-10(12)14(3)7-5-6-9(13-14)8(2)11/h8-10H,4-7,11-12H2,1-3H3. The normalized spacial score (nSPS) is 37.9. The molecule has 4 N–H and O–H groups in total. The molecule has 1 aliphatic rings. The molecule has 84 valence electrons. The zero-order valence-corrected chi connectivity index (χ0v) is 10.6. The highest BCUT2D eigenvalue weighted by Gasteiger charge is 2.41. The van der Waals surface area contributed by atoms with Crippen LogP contribution < -0.4 is 11.5 Å². The Labute approximate surface area is 88.3 Å². The first kappa shape index (κ1) is 12.2. The van der Waals surface area contributed by atoms with Gasteiger partial charge >= 0.3 is 0 Å². The Bertz CT molecular complexity index is 189. The average Bonchev–Trinajstić information content (AvgIpc) is 2.16. The van der Waals surface area contributed by atoms with Crippen LogP contribution in [0, 0.1) is 0 Å². The fraction of sp³-hybridized carbons (Fsp3) is 1.00. The third-order valence-electron chi connectivity index (χ3n) is 3.39. The summed E-state index contributed by atoms with van der Waals surface area (Å²) in [6, 6.07) is 1.34. The summed E-state index contributed by atoms with van der Waals surface area (Å²) in [6.45, 7) is 6.43. The third-order valence-corrected chi connectivity index (χ3v) is 7.56. The van der Waals surface area contributed by atoms with Crippen LogP contribution in [0.4, 0.5) is 0 Å². The molecule has 0 bridgehead atoms. The topological polar surface area (TPSA) is 61.3 Å². The Morgan fingerprint density at radius 2 is 2.14 bits per heavy atom. The minimum atomic E-state index is -1.67. The van der Waals surface area contributed by atoms with Gasteiger partial charge < -0.3 is 15.9 Å². The first-order valence-electron chi connectivity index (χ1n) is 5.68. The van der Waals surface area contributed by atoms with Crippen molar-refractivity contribution in [2.24, 2.45) is 11.5 Å². The summed E-state index contributed by atoms with van der Waals surface area (Å²) in [4.78, 5) is 0. The fourth-order valence-electron chi connectivity index (χ4n) is 2.19. The smallest absolute Gasteiger partial charge is 0.206 e. The van der Waals surface area contributed by atoms with Crippen molar-refractivity contribution in [1.82, 2.24) is 0 Å². The highest BCUT2D eigenvalue weighted by Crippen LogP contribution is 2.29. The van der Waals surface area contributed by atoms with Gasteiger partial charge in [0.1, 0.15) is 0 Å². The Morgan fingerprint density at radius 1 is 1.50 bits per heavy atom. The van der Waals surface area contributed by atoms with Gasteiger partial charge in [-0.15, -0.1) is 0 Å². The van der Waals surface area contributed by atoms with Gasteiger partial charge in [-0.05, 0) is 32.4 Å². The second-order valence-corrected chi connectivity index (χ2v) is 8.84. The lowest BCUT2D eigenvalue weighted by Crippen LogP contribution is -2.58. The molecule has 0 saturated carbocycles. The molecule has 0 aliphatic carbocycles. The molecule has 0 radical (unpaired) electrons. The Balaban J connectivity index is 2.62. The molecule has 0 aromatic heterocycles. The van der Waals surface area contributed by atoms with Gasteiger partial charge in [-0.25, -0.2) is 0 Å². The predicted octanol–water partition coefficient (Wildman–Crippen LogP) is 1.36. The predicted molar refractivity (Wildman–Crippen MR) is 62.4 cm³/mol. The van der Waals surface area contributed by atoms with Crippen molar-refractivity contribution in [3.05, 3.63) is 0 Å². The van der Waals surface area contributed by atoms with Crippen LogP contribution in [0.5, 0.6) is 0 Å². The molecule has 1 aliphatic heterocycles. The molecule has 0 aromatic rings. The lowest BCUT2D eigenvalue weighted by atomic mass is 10.1. The van der Waals surface area contributed by atoms with Gasteiger partial charge in [0.25, 0.3) is 0 Å². The minimum absolute atomic E-state index is 0.145. The van der Waals surface area contributed by atoms with Crippen molar-refractivity contribution >= 4 is 8.32 Å². The Morgan fingerprint density at radius 3 is 2.64 bits per heavy atom. The molecular weight excluding hydrogens is 192 g/mol. The second-order valence-electron chi connectivity index (χ2n) is 4.74. The van der Waals surface area contributed by atoms with Gasteiger partial charge in [0, 0.05) is 11.7 Å². The quantitative estimate of drug-likeness (QED) is 0.700. The summed E-state index contributed by atoms with van der Waals surface area (Å²) in [5.74, 6) is 0. The molecule has 4 atom stereocenters. The average molecular weight is 216 g/mol. The number of hydrogen-bond donors (Lipinski definition) is 2. The van der Waals surface area contributed by atoms with Crippen LogP contribution in [-0.2, 0) is 4.43 Å². The molecule has 1 rings (SSSR count). The van der Waals surface area contributed by atoms with Crippen molar-refractivity contribution in [2.75, 3.05) is 0 Å².